The van der Waals surface area contributed by atoms with Crippen molar-refractivity contribution < 1.29 is 9.59 Å². The summed E-state index contributed by atoms with van der Waals surface area (Å²) in [6.07, 6.45) is 0. The summed E-state index contributed by atoms with van der Waals surface area (Å²) >= 11 is 1.36. The van der Waals surface area contributed by atoms with Crippen molar-refractivity contribution in [2.45, 2.75) is 0 Å². The van der Waals surface area contributed by atoms with Crippen LogP contribution in [0.5, 0.6) is 0 Å². The summed E-state index contributed by atoms with van der Waals surface area (Å²) in [7, 11) is 1.59. The molecule has 0 saturated heterocycles. The summed E-state index contributed by atoms with van der Waals surface area (Å²) in [6.45, 7) is 0. The molecule has 0 fully saturated rings. The van der Waals surface area contributed by atoms with Gasteiger partial charge in [-0.15, -0.1) is 11.8 Å². The molecule has 86 valence electrons. The van der Waals surface area contributed by atoms with Gasteiger partial charge in [-0.3, -0.25) is 9.59 Å². The second-order valence-corrected chi connectivity index (χ2v) is 4.02. The van der Waals surface area contributed by atoms with Crippen molar-refractivity contribution in [3.8, 4) is 0 Å². The SMILES string of the molecule is CNC(=O)CSCNC(=O)c1ccccc1. The van der Waals surface area contributed by atoms with E-state index in [2.05, 4.69) is 10.6 Å². The van der Waals surface area contributed by atoms with Crippen LogP contribution in [0.2, 0.25) is 0 Å². The van der Waals surface area contributed by atoms with Gasteiger partial charge in [0.15, 0.2) is 0 Å². The Morgan fingerprint density at radius 2 is 1.94 bits per heavy atom. The van der Waals surface area contributed by atoms with E-state index in [0.717, 1.165) is 0 Å². The smallest absolute Gasteiger partial charge is 0.251 e. The topological polar surface area (TPSA) is 58.2 Å². The fraction of sp³-hybridized carbons (Fsp3) is 0.273. The first kappa shape index (κ1) is 12.6. The molecule has 0 bridgehead atoms. The Balaban J connectivity index is 2.24. The van der Waals surface area contributed by atoms with E-state index in [4.69, 9.17) is 0 Å². The fourth-order valence-corrected chi connectivity index (χ4v) is 1.69. The third-order valence-corrected chi connectivity index (χ3v) is 2.70. The number of carbonyl (C=O) groups excluding carboxylic acids is 2. The second-order valence-electron chi connectivity index (χ2n) is 3.04. The van der Waals surface area contributed by atoms with Crippen molar-refractivity contribution in [2.75, 3.05) is 18.7 Å². The minimum Gasteiger partial charge on any atom is -0.358 e. The maximum absolute atomic E-state index is 11.5. The van der Waals surface area contributed by atoms with E-state index in [1.54, 1.807) is 19.2 Å². The quantitative estimate of drug-likeness (QED) is 0.590. The molecule has 0 radical (unpaired) electrons. The molecule has 0 unspecified atom stereocenters. The van der Waals surface area contributed by atoms with E-state index in [0.29, 0.717) is 17.2 Å². The molecule has 0 saturated carbocycles. The van der Waals surface area contributed by atoms with E-state index >= 15 is 0 Å². The Bertz CT molecular complexity index is 354. The summed E-state index contributed by atoms with van der Waals surface area (Å²) in [6, 6.07) is 8.98. The molecular weight excluding hydrogens is 224 g/mol. The van der Waals surface area contributed by atoms with Crippen molar-refractivity contribution in [2.24, 2.45) is 0 Å². The van der Waals surface area contributed by atoms with Crippen LogP contribution in [0.4, 0.5) is 0 Å². The first-order valence-electron chi connectivity index (χ1n) is 4.85. The summed E-state index contributed by atoms with van der Waals surface area (Å²) < 4.78 is 0. The minimum atomic E-state index is -0.120. The van der Waals surface area contributed by atoms with Gasteiger partial charge in [0.05, 0.1) is 11.6 Å². The number of thioether (sulfide) groups is 1. The van der Waals surface area contributed by atoms with Gasteiger partial charge >= 0.3 is 0 Å². The van der Waals surface area contributed by atoms with E-state index in [1.165, 1.54) is 11.8 Å². The number of rotatable bonds is 5. The lowest BCUT2D eigenvalue weighted by Crippen LogP contribution is -2.25. The zero-order valence-corrected chi connectivity index (χ0v) is 9.84. The van der Waals surface area contributed by atoms with Crippen molar-refractivity contribution in [1.29, 1.82) is 0 Å². The molecule has 16 heavy (non-hydrogen) atoms. The summed E-state index contributed by atoms with van der Waals surface area (Å²) in [5.41, 5.74) is 0.628. The lowest BCUT2D eigenvalue weighted by atomic mass is 10.2. The molecule has 5 heteroatoms. The third-order valence-electron chi connectivity index (χ3n) is 1.88. The van der Waals surface area contributed by atoms with Crippen LogP contribution >= 0.6 is 11.8 Å². The predicted molar refractivity (Wildman–Crippen MR) is 65.3 cm³/mol. The highest BCUT2D eigenvalue weighted by Gasteiger charge is 2.03. The number of hydrogen-bond donors (Lipinski definition) is 2. The Morgan fingerprint density at radius 3 is 2.56 bits per heavy atom. The molecule has 0 aliphatic heterocycles. The normalized spacial score (nSPS) is 9.56. The first-order chi connectivity index (χ1) is 7.74. The molecule has 2 N–H and O–H groups in total. The predicted octanol–water partition coefficient (Wildman–Crippen LogP) is 0.853. The summed E-state index contributed by atoms with van der Waals surface area (Å²) in [5, 5.41) is 5.23. The van der Waals surface area contributed by atoms with Gasteiger partial charge in [0.25, 0.3) is 5.91 Å². The molecule has 0 aliphatic carbocycles. The molecule has 0 aromatic heterocycles. The van der Waals surface area contributed by atoms with Crippen molar-refractivity contribution in [3.63, 3.8) is 0 Å². The van der Waals surface area contributed by atoms with Crippen LogP contribution in [-0.2, 0) is 4.79 Å². The van der Waals surface area contributed by atoms with Gasteiger partial charge in [0.2, 0.25) is 5.91 Å². The van der Waals surface area contributed by atoms with Crippen LogP contribution in [0.3, 0.4) is 0 Å². The van der Waals surface area contributed by atoms with Crippen LogP contribution in [0.25, 0.3) is 0 Å². The molecular formula is C11H14N2O2S. The van der Waals surface area contributed by atoms with Crippen molar-refractivity contribution in [1.82, 2.24) is 10.6 Å². The molecule has 2 amide bonds. The largest absolute Gasteiger partial charge is 0.358 e. The highest BCUT2D eigenvalue weighted by molar-refractivity contribution is 7.99. The number of nitrogens with one attached hydrogen (secondary N) is 2. The molecule has 0 aliphatic rings. The molecule has 4 nitrogen and oxygen atoms in total. The highest BCUT2D eigenvalue weighted by atomic mass is 32.2. The molecule has 0 atom stereocenters. The van der Waals surface area contributed by atoms with Gasteiger partial charge in [-0.1, -0.05) is 18.2 Å². The van der Waals surface area contributed by atoms with Gasteiger partial charge in [-0.25, -0.2) is 0 Å². The standard InChI is InChI=1S/C11H14N2O2S/c1-12-10(14)7-16-8-13-11(15)9-5-3-2-4-6-9/h2-6H,7-8H2,1H3,(H,12,14)(H,13,15). The third kappa shape index (κ3) is 4.35. The average molecular weight is 238 g/mol. The van der Waals surface area contributed by atoms with E-state index in [9.17, 15) is 9.59 Å². The number of amides is 2. The monoisotopic (exact) mass is 238 g/mol. The van der Waals surface area contributed by atoms with E-state index in [1.807, 2.05) is 18.2 Å². The van der Waals surface area contributed by atoms with Crippen LogP contribution in [0, 0.1) is 0 Å². The van der Waals surface area contributed by atoms with Gasteiger partial charge in [-0.2, -0.15) is 0 Å². The minimum absolute atomic E-state index is 0.0426. The van der Waals surface area contributed by atoms with E-state index in [-0.39, 0.29) is 11.8 Å². The lowest BCUT2D eigenvalue weighted by Gasteiger charge is -2.04. The first-order valence-corrected chi connectivity index (χ1v) is 6.01. The Hall–Kier alpha value is -1.49. The van der Waals surface area contributed by atoms with Gasteiger partial charge in [0, 0.05) is 12.6 Å². The van der Waals surface area contributed by atoms with Crippen LogP contribution in [0.15, 0.2) is 30.3 Å². The van der Waals surface area contributed by atoms with E-state index < -0.39 is 0 Å². The molecule has 0 heterocycles. The molecule has 1 rings (SSSR count). The summed E-state index contributed by atoms with van der Waals surface area (Å²) in [5.74, 6) is 0.621. The van der Waals surface area contributed by atoms with Crippen LogP contribution in [-0.4, -0.2) is 30.5 Å². The Morgan fingerprint density at radius 1 is 1.25 bits per heavy atom. The zero-order chi connectivity index (χ0) is 11.8. The van der Waals surface area contributed by atoms with Crippen LogP contribution in [0.1, 0.15) is 10.4 Å². The Kier molecular flexibility index (Phi) is 5.42. The van der Waals surface area contributed by atoms with Gasteiger partial charge < -0.3 is 10.6 Å². The van der Waals surface area contributed by atoms with Crippen LogP contribution < -0.4 is 10.6 Å². The lowest BCUT2D eigenvalue weighted by molar-refractivity contribution is -0.118. The fourth-order valence-electron chi connectivity index (χ4n) is 1.02. The molecule has 0 spiro atoms. The van der Waals surface area contributed by atoms with Gasteiger partial charge in [-0.05, 0) is 12.1 Å². The molecule has 1 aromatic carbocycles. The van der Waals surface area contributed by atoms with Gasteiger partial charge in [0.1, 0.15) is 0 Å². The highest BCUT2D eigenvalue weighted by Crippen LogP contribution is 2.00. The zero-order valence-electron chi connectivity index (χ0n) is 9.03. The average Bonchev–Trinajstić information content (AvgIpc) is 2.35. The number of carbonyl (C=O) groups is 2. The second kappa shape index (κ2) is 6.90. The Labute approximate surface area is 98.8 Å². The molecule has 1 aromatic rings. The van der Waals surface area contributed by atoms with Crippen molar-refractivity contribution in [3.05, 3.63) is 35.9 Å². The maximum atomic E-state index is 11.5. The number of benzene rings is 1. The summed E-state index contributed by atoms with van der Waals surface area (Å²) in [4.78, 5) is 22.4. The van der Waals surface area contributed by atoms with Crippen molar-refractivity contribution >= 4 is 23.6 Å². The maximum Gasteiger partial charge on any atom is 0.251 e. The number of hydrogen-bond acceptors (Lipinski definition) is 3.